The predicted molar refractivity (Wildman–Crippen MR) is 118 cm³/mol. The molecule has 0 radical (unpaired) electrons. The third-order valence-electron chi connectivity index (χ3n) is 5.57. The first-order valence-corrected chi connectivity index (χ1v) is 11.4. The zero-order valence-corrected chi connectivity index (χ0v) is 18.1. The molecule has 160 valence electrons. The van der Waals surface area contributed by atoms with Crippen LogP contribution in [-0.2, 0) is 27.8 Å². The molecule has 0 unspecified atom stereocenters. The molecule has 1 amide bonds. The number of nitrogens with one attached hydrogen (secondary N) is 1. The van der Waals surface area contributed by atoms with Crippen molar-refractivity contribution in [3.05, 3.63) is 94.8 Å². The number of sulfonamides is 1. The molecule has 0 aliphatic carbocycles. The lowest BCUT2D eigenvalue weighted by atomic mass is 9.95. The first kappa shape index (κ1) is 21.2. The molecule has 0 fully saturated rings. The Hall–Kier alpha value is -3.03. The number of anilines is 1. The second-order valence-electron chi connectivity index (χ2n) is 7.80. The van der Waals surface area contributed by atoms with Crippen molar-refractivity contribution in [3.8, 4) is 0 Å². The Bertz CT molecular complexity index is 1240. The van der Waals surface area contributed by atoms with Gasteiger partial charge in [-0.2, -0.15) is 4.31 Å². The van der Waals surface area contributed by atoms with E-state index in [0.717, 1.165) is 34.4 Å². The Morgan fingerprint density at radius 3 is 2.35 bits per heavy atom. The molecule has 31 heavy (non-hydrogen) atoms. The van der Waals surface area contributed by atoms with Gasteiger partial charge in [-0.3, -0.25) is 4.79 Å². The topological polar surface area (TPSA) is 66.5 Å². The van der Waals surface area contributed by atoms with Gasteiger partial charge in [0.25, 0.3) is 0 Å². The van der Waals surface area contributed by atoms with Crippen molar-refractivity contribution in [2.45, 2.75) is 37.8 Å². The van der Waals surface area contributed by atoms with Crippen LogP contribution in [-0.4, -0.2) is 24.7 Å². The summed E-state index contributed by atoms with van der Waals surface area (Å²) in [7, 11) is -4.02. The summed E-state index contributed by atoms with van der Waals surface area (Å²) in [5.41, 5.74) is 4.41. The number of carbonyl (C=O) groups is 1. The van der Waals surface area contributed by atoms with Gasteiger partial charge < -0.3 is 5.32 Å². The normalized spacial score (nSPS) is 16.5. The van der Waals surface area contributed by atoms with Crippen LogP contribution < -0.4 is 5.32 Å². The average Bonchev–Trinajstić information content (AvgIpc) is 2.75. The van der Waals surface area contributed by atoms with Gasteiger partial charge in [0.05, 0.1) is 4.90 Å². The Morgan fingerprint density at radius 1 is 1.00 bits per heavy atom. The summed E-state index contributed by atoms with van der Waals surface area (Å²) in [6, 6.07) is 16.9. The minimum absolute atomic E-state index is 0.0439. The van der Waals surface area contributed by atoms with Gasteiger partial charge in [0.2, 0.25) is 15.9 Å². The van der Waals surface area contributed by atoms with Gasteiger partial charge in [-0.25, -0.2) is 12.8 Å². The zero-order valence-electron chi connectivity index (χ0n) is 17.3. The number of hydrogen-bond acceptors (Lipinski definition) is 3. The highest BCUT2D eigenvalue weighted by molar-refractivity contribution is 7.89. The molecule has 0 aromatic heterocycles. The number of carbonyl (C=O) groups excluding carboxylic acids is 1. The van der Waals surface area contributed by atoms with E-state index in [1.165, 1.54) is 16.4 Å². The standard InChI is InChI=1S/C24H23FN2O3S/c1-16-7-12-22(17(2)13-16)26-24(28)23-14-18-5-3-4-6-19(18)15-27(23)31(29,30)21-10-8-20(25)9-11-21/h3-13,23H,14-15H2,1-2H3,(H,26,28)/t23-/m1/s1. The molecule has 3 aromatic rings. The third-order valence-corrected chi connectivity index (χ3v) is 7.44. The second-order valence-corrected chi connectivity index (χ2v) is 9.69. The van der Waals surface area contributed by atoms with Gasteiger partial charge in [0.15, 0.2) is 0 Å². The van der Waals surface area contributed by atoms with E-state index in [-0.39, 0.29) is 17.9 Å². The molecule has 0 saturated carbocycles. The summed E-state index contributed by atoms with van der Waals surface area (Å²) in [4.78, 5) is 13.2. The highest BCUT2D eigenvalue weighted by Crippen LogP contribution is 2.30. The second kappa shape index (κ2) is 8.24. The van der Waals surface area contributed by atoms with E-state index in [9.17, 15) is 17.6 Å². The predicted octanol–water partition coefficient (Wildman–Crippen LogP) is 4.20. The maximum atomic E-state index is 13.4. The quantitative estimate of drug-likeness (QED) is 0.664. The number of benzene rings is 3. The van der Waals surface area contributed by atoms with Crippen molar-refractivity contribution in [1.29, 1.82) is 0 Å². The van der Waals surface area contributed by atoms with Crippen LogP contribution in [0, 0.1) is 19.7 Å². The highest BCUT2D eigenvalue weighted by atomic mass is 32.2. The summed E-state index contributed by atoms with van der Waals surface area (Å²) in [5, 5.41) is 2.90. The summed E-state index contributed by atoms with van der Waals surface area (Å²) in [6.45, 7) is 3.93. The molecule has 1 heterocycles. The lowest BCUT2D eigenvalue weighted by Gasteiger charge is -2.35. The monoisotopic (exact) mass is 438 g/mol. The van der Waals surface area contributed by atoms with E-state index in [1.54, 1.807) is 0 Å². The van der Waals surface area contributed by atoms with Crippen molar-refractivity contribution < 1.29 is 17.6 Å². The molecule has 5 nitrogen and oxygen atoms in total. The number of nitrogens with zero attached hydrogens (tertiary/aromatic N) is 1. The molecule has 0 spiro atoms. The van der Waals surface area contributed by atoms with E-state index in [4.69, 9.17) is 0 Å². The van der Waals surface area contributed by atoms with Crippen LogP contribution in [0.1, 0.15) is 22.3 Å². The first-order chi connectivity index (χ1) is 14.8. The molecular weight excluding hydrogens is 415 g/mol. The van der Waals surface area contributed by atoms with E-state index >= 15 is 0 Å². The molecule has 1 aliphatic heterocycles. The maximum absolute atomic E-state index is 13.4. The van der Waals surface area contributed by atoms with Crippen molar-refractivity contribution in [2.75, 3.05) is 5.32 Å². The lowest BCUT2D eigenvalue weighted by molar-refractivity contribution is -0.120. The van der Waals surface area contributed by atoms with E-state index < -0.39 is 27.8 Å². The summed E-state index contributed by atoms with van der Waals surface area (Å²) < 4.78 is 41.4. The van der Waals surface area contributed by atoms with E-state index in [0.29, 0.717) is 5.69 Å². The van der Waals surface area contributed by atoms with Gasteiger partial charge in [-0.1, -0.05) is 42.0 Å². The van der Waals surface area contributed by atoms with E-state index in [1.807, 2.05) is 56.3 Å². The van der Waals surface area contributed by atoms with Crippen molar-refractivity contribution in [3.63, 3.8) is 0 Å². The Morgan fingerprint density at radius 2 is 1.68 bits per heavy atom. The largest absolute Gasteiger partial charge is 0.324 e. The minimum atomic E-state index is -4.02. The number of aryl methyl sites for hydroxylation is 2. The maximum Gasteiger partial charge on any atom is 0.244 e. The zero-order chi connectivity index (χ0) is 22.2. The highest BCUT2D eigenvalue weighted by Gasteiger charge is 2.39. The summed E-state index contributed by atoms with van der Waals surface area (Å²) in [5.74, 6) is -0.917. The molecule has 0 bridgehead atoms. The van der Waals surface area contributed by atoms with Crippen LogP contribution in [0.4, 0.5) is 10.1 Å². The van der Waals surface area contributed by atoms with Gasteiger partial charge >= 0.3 is 0 Å². The van der Waals surface area contributed by atoms with Crippen molar-refractivity contribution in [1.82, 2.24) is 4.31 Å². The van der Waals surface area contributed by atoms with Crippen molar-refractivity contribution >= 4 is 21.6 Å². The Kier molecular flexibility index (Phi) is 5.64. The molecule has 1 atom stereocenters. The van der Waals surface area contributed by atoms with Crippen molar-refractivity contribution in [2.24, 2.45) is 0 Å². The van der Waals surface area contributed by atoms with Crippen LogP contribution >= 0.6 is 0 Å². The third kappa shape index (κ3) is 4.24. The first-order valence-electron chi connectivity index (χ1n) is 9.98. The fourth-order valence-electron chi connectivity index (χ4n) is 3.89. The van der Waals surface area contributed by atoms with Gasteiger partial charge in [-0.15, -0.1) is 0 Å². The molecule has 1 aliphatic rings. The molecular formula is C24H23FN2O3S. The molecule has 7 heteroatoms. The number of amides is 1. The van der Waals surface area contributed by atoms with E-state index in [2.05, 4.69) is 5.32 Å². The SMILES string of the molecule is Cc1ccc(NC(=O)[C@H]2Cc3ccccc3CN2S(=O)(=O)c2ccc(F)cc2)c(C)c1. The van der Waals surface area contributed by atoms with Crippen LogP contribution in [0.2, 0.25) is 0 Å². The number of fused-ring (bicyclic) bond motifs is 1. The summed E-state index contributed by atoms with van der Waals surface area (Å²) >= 11 is 0. The molecule has 4 rings (SSSR count). The molecule has 0 saturated heterocycles. The van der Waals surface area contributed by atoms with Crippen LogP contribution in [0.15, 0.2) is 71.6 Å². The number of rotatable bonds is 4. The van der Waals surface area contributed by atoms with Crippen LogP contribution in [0.25, 0.3) is 0 Å². The molecule has 1 N–H and O–H groups in total. The fraction of sp³-hybridized carbons (Fsp3) is 0.208. The van der Waals surface area contributed by atoms with Gasteiger partial charge in [-0.05, 0) is 67.3 Å². The Balaban J connectivity index is 1.72. The van der Waals surface area contributed by atoms with Gasteiger partial charge in [0, 0.05) is 12.2 Å². The summed E-state index contributed by atoms with van der Waals surface area (Å²) in [6.07, 6.45) is 0.257. The average molecular weight is 439 g/mol. The smallest absolute Gasteiger partial charge is 0.244 e. The number of halogens is 1. The lowest BCUT2D eigenvalue weighted by Crippen LogP contribution is -2.50. The minimum Gasteiger partial charge on any atom is -0.324 e. The fourth-order valence-corrected chi connectivity index (χ4v) is 5.45. The molecule has 3 aromatic carbocycles. The van der Waals surface area contributed by atoms with Crippen LogP contribution in [0.3, 0.4) is 0 Å². The Labute approximate surface area is 181 Å². The van der Waals surface area contributed by atoms with Gasteiger partial charge in [0.1, 0.15) is 11.9 Å². The number of hydrogen-bond donors (Lipinski definition) is 1. The van der Waals surface area contributed by atoms with Crippen LogP contribution in [0.5, 0.6) is 0 Å².